The Morgan fingerprint density at radius 2 is 2.29 bits per heavy atom. The summed E-state index contributed by atoms with van der Waals surface area (Å²) in [5.74, 6) is -0.341. The van der Waals surface area contributed by atoms with Gasteiger partial charge in [0.25, 0.3) is 0 Å². The molecule has 0 amide bonds. The van der Waals surface area contributed by atoms with E-state index in [9.17, 15) is 4.79 Å². The quantitative estimate of drug-likeness (QED) is 0.610. The van der Waals surface area contributed by atoms with Crippen LogP contribution in [0.15, 0.2) is 6.07 Å². The monoisotopic (exact) mass is 215 g/mol. The molecule has 1 aromatic rings. The standard InChI is InChI=1S/C9H13NO3S/c1-6-7(10)5-8(14-6)9(11)13-4-3-12-2/h5H,3-4,10H2,1-2H3. The smallest absolute Gasteiger partial charge is 0.348 e. The van der Waals surface area contributed by atoms with Crippen LogP contribution < -0.4 is 5.73 Å². The maximum atomic E-state index is 11.4. The molecule has 78 valence electrons. The highest BCUT2D eigenvalue weighted by atomic mass is 32.1. The second kappa shape index (κ2) is 4.97. The lowest BCUT2D eigenvalue weighted by Gasteiger charge is -2.00. The van der Waals surface area contributed by atoms with Crippen molar-refractivity contribution in [1.29, 1.82) is 0 Å². The predicted octanol–water partition coefficient (Wildman–Crippen LogP) is 1.44. The van der Waals surface area contributed by atoms with E-state index in [4.69, 9.17) is 15.2 Å². The van der Waals surface area contributed by atoms with E-state index in [0.29, 0.717) is 17.2 Å². The number of anilines is 1. The third kappa shape index (κ3) is 2.71. The summed E-state index contributed by atoms with van der Waals surface area (Å²) in [5.41, 5.74) is 6.24. The van der Waals surface area contributed by atoms with Gasteiger partial charge in [0.05, 0.1) is 6.61 Å². The Bertz CT molecular complexity index is 302. The van der Waals surface area contributed by atoms with E-state index >= 15 is 0 Å². The van der Waals surface area contributed by atoms with Crippen molar-refractivity contribution in [2.45, 2.75) is 6.92 Å². The van der Waals surface area contributed by atoms with Gasteiger partial charge in [-0.25, -0.2) is 4.79 Å². The summed E-state index contributed by atoms with van der Waals surface area (Å²) in [5, 5.41) is 0. The van der Waals surface area contributed by atoms with Gasteiger partial charge in [0, 0.05) is 17.7 Å². The van der Waals surface area contributed by atoms with Crippen LogP contribution in [0.25, 0.3) is 0 Å². The van der Waals surface area contributed by atoms with Gasteiger partial charge in [-0.1, -0.05) is 0 Å². The number of esters is 1. The minimum absolute atomic E-state index is 0.270. The number of carbonyl (C=O) groups is 1. The number of thiophene rings is 1. The fourth-order valence-electron chi connectivity index (χ4n) is 0.886. The molecule has 0 aliphatic rings. The largest absolute Gasteiger partial charge is 0.459 e. The minimum atomic E-state index is -0.341. The van der Waals surface area contributed by atoms with Crippen molar-refractivity contribution in [1.82, 2.24) is 0 Å². The Kier molecular flexibility index (Phi) is 3.91. The van der Waals surface area contributed by atoms with Crippen molar-refractivity contribution >= 4 is 23.0 Å². The molecular weight excluding hydrogens is 202 g/mol. The Labute approximate surface area is 86.6 Å². The highest BCUT2D eigenvalue weighted by molar-refractivity contribution is 7.14. The summed E-state index contributed by atoms with van der Waals surface area (Å²) in [6.07, 6.45) is 0. The summed E-state index contributed by atoms with van der Waals surface area (Å²) in [4.78, 5) is 12.8. The number of aryl methyl sites for hydroxylation is 1. The number of rotatable bonds is 4. The van der Waals surface area contributed by atoms with E-state index in [1.54, 1.807) is 13.2 Å². The summed E-state index contributed by atoms with van der Waals surface area (Å²) in [6, 6.07) is 1.63. The Balaban J connectivity index is 2.52. The number of nitrogens with two attached hydrogens (primary N) is 1. The zero-order chi connectivity index (χ0) is 10.6. The van der Waals surface area contributed by atoms with Gasteiger partial charge >= 0.3 is 5.97 Å². The van der Waals surface area contributed by atoms with E-state index in [2.05, 4.69) is 0 Å². The van der Waals surface area contributed by atoms with Crippen molar-refractivity contribution in [3.05, 3.63) is 15.8 Å². The van der Waals surface area contributed by atoms with Crippen LogP contribution in [0, 0.1) is 6.92 Å². The maximum Gasteiger partial charge on any atom is 0.348 e. The molecule has 0 atom stereocenters. The molecule has 2 N–H and O–H groups in total. The molecule has 0 spiro atoms. The van der Waals surface area contributed by atoms with Crippen molar-refractivity contribution in [2.24, 2.45) is 0 Å². The van der Waals surface area contributed by atoms with Gasteiger partial charge in [0.2, 0.25) is 0 Å². The summed E-state index contributed by atoms with van der Waals surface area (Å²) in [6.45, 7) is 2.55. The van der Waals surface area contributed by atoms with Crippen molar-refractivity contribution in [3.8, 4) is 0 Å². The van der Waals surface area contributed by atoms with Gasteiger partial charge in [0.1, 0.15) is 11.5 Å². The van der Waals surface area contributed by atoms with Crippen LogP contribution in [0.1, 0.15) is 14.5 Å². The van der Waals surface area contributed by atoms with Gasteiger partial charge in [-0.05, 0) is 13.0 Å². The molecule has 0 radical (unpaired) electrons. The first kappa shape index (κ1) is 11.0. The lowest BCUT2D eigenvalue weighted by atomic mass is 10.4. The third-order valence-corrected chi connectivity index (χ3v) is 2.72. The number of nitrogen functional groups attached to an aromatic ring is 1. The lowest BCUT2D eigenvalue weighted by Crippen LogP contribution is -2.08. The van der Waals surface area contributed by atoms with Crippen LogP contribution in [0.2, 0.25) is 0 Å². The van der Waals surface area contributed by atoms with Crippen LogP contribution >= 0.6 is 11.3 Å². The lowest BCUT2D eigenvalue weighted by molar-refractivity contribution is 0.0393. The van der Waals surface area contributed by atoms with E-state index in [0.717, 1.165) is 4.88 Å². The molecule has 5 heteroatoms. The first-order valence-electron chi connectivity index (χ1n) is 4.17. The molecule has 0 aromatic carbocycles. The SMILES string of the molecule is COCCOC(=O)c1cc(N)c(C)s1. The molecule has 0 saturated carbocycles. The van der Waals surface area contributed by atoms with Crippen molar-refractivity contribution in [2.75, 3.05) is 26.1 Å². The minimum Gasteiger partial charge on any atom is -0.459 e. The van der Waals surface area contributed by atoms with Crippen LogP contribution in [0.3, 0.4) is 0 Å². The molecule has 0 fully saturated rings. The molecule has 0 saturated heterocycles. The second-order valence-corrected chi connectivity index (χ2v) is 4.01. The van der Waals surface area contributed by atoms with Crippen LogP contribution in [0.5, 0.6) is 0 Å². The number of carbonyl (C=O) groups excluding carboxylic acids is 1. The maximum absolute atomic E-state index is 11.4. The van der Waals surface area contributed by atoms with Crippen LogP contribution in [-0.2, 0) is 9.47 Å². The Hall–Kier alpha value is -1.07. The molecule has 1 rings (SSSR count). The average molecular weight is 215 g/mol. The zero-order valence-electron chi connectivity index (χ0n) is 8.20. The molecule has 0 aliphatic heterocycles. The molecule has 1 heterocycles. The van der Waals surface area contributed by atoms with Gasteiger partial charge in [-0.2, -0.15) is 0 Å². The molecule has 1 aromatic heterocycles. The average Bonchev–Trinajstić information content (AvgIpc) is 2.47. The van der Waals surface area contributed by atoms with E-state index in [1.807, 2.05) is 6.92 Å². The van der Waals surface area contributed by atoms with E-state index in [-0.39, 0.29) is 12.6 Å². The van der Waals surface area contributed by atoms with E-state index in [1.165, 1.54) is 11.3 Å². The topological polar surface area (TPSA) is 61.5 Å². The van der Waals surface area contributed by atoms with Crippen molar-refractivity contribution in [3.63, 3.8) is 0 Å². The summed E-state index contributed by atoms with van der Waals surface area (Å²) >= 11 is 1.34. The van der Waals surface area contributed by atoms with Crippen LogP contribution in [-0.4, -0.2) is 26.3 Å². The fourth-order valence-corrected chi connectivity index (χ4v) is 1.72. The third-order valence-electron chi connectivity index (χ3n) is 1.68. The van der Waals surface area contributed by atoms with E-state index < -0.39 is 0 Å². The number of methoxy groups -OCH3 is 1. The predicted molar refractivity (Wildman–Crippen MR) is 55.6 cm³/mol. The molecule has 0 aliphatic carbocycles. The highest BCUT2D eigenvalue weighted by Crippen LogP contribution is 2.23. The molecule has 14 heavy (non-hydrogen) atoms. The first-order chi connectivity index (χ1) is 6.65. The molecular formula is C9H13NO3S. The van der Waals surface area contributed by atoms with Crippen LogP contribution in [0.4, 0.5) is 5.69 Å². The highest BCUT2D eigenvalue weighted by Gasteiger charge is 2.11. The second-order valence-electron chi connectivity index (χ2n) is 2.75. The molecule has 0 unspecified atom stereocenters. The Morgan fingerprint density at radius 3 is 2.79 bits per heavy atom. The fraction of sp³-hybridized carbons (Fsp3) is 0.444. The number of ether oxygens (including phenoxy) is 2. The summed E-state index contributed by atoms with van der Waals surface area (Å²) in [7, 11) is 1.56. The van der Waals surface area contributed by atoms with Gasteiger partial charge < -0.3 is 15.2 Å². The normalized spacial score (nSPS) is 10.1. The Morgan fingerprint density at radius 1 is 1.57 bits per heavy atom. The number of hydrogen-bond donors (Lipinski definition) is 1. The van der Waals surface area contributed by atoms with Gasteiger partial charge in [-0.15, -0.1) is 11.3 Å². The number of hydrogen-bond acceptors (Lipinski definition) is 5. The zero-order valence-corrected chi connectivity index (χ0v) is 9.02. The summed E-state index contributed by atoms with van der Waals surface area (Å²) < 4.78 is 9.69. The van der Waals surface area contributed by atoms with Gasteiger partial charge in [-0.3, -0.25) is 0 Å². The van der Waals surface area contributed by atoms with Crippen molar-refractivity contribution < 1.29 is 14.3 Å². The first-order valence-corrected chi connectivity index (χ1v) is 4.98. The van der Waals surface area contributed by atoms with Gasteiger partial charge in [0.15, 0.2) is 0 Å². The molecule has 0 bridgehead atoms. The molecule has 4 nitrogen and oxygen atoms in total.